The minimum atomic E-state index is 0.323. The monoisotopic (exact) mass is 293 g/mol. The van der Waals surface area contributed by atoms with E-state index in [-0.39, 0.29) is 0 Å². The van der Waals surface area contributed by atoms with Crippen molar-refractivity contribution in [3.8, 4) is 0 Å². The maximum atomic E-state index is 6.04. The van der Waals surface area contributed by atoms with Gasteiger partial charge in [0, 0.05) is 40.0 Å². The van der Waals surface area contributed by atoms with Crippen LogP contribution >= 0.6 is 23.2 Å². The lowest BCUT2D eigenvalue weighted by Gasteiger charge is -2.24. The highest BCUT2D eigenvalue weighted by Gasteiger charge is 2.12. The van der Waals surface area contributed by atoms with Crippen molar-refractivity contribution in [2.45, 2.75) is 6.42 Å². The zero-order valence-corrected chi connectivity index (χ0v) is 12.0. The van der Waals surface area contributed by atoms with E-state index < -0.39 is 0 Å². The van der Waals surface area contributed by atoms with Crippen molar-refractivity contribution in [3.05, 3.63) is 16.4 Å². The Hall–Kier alpha value is -0.620. The third kappa shape index (κ3) is 4.94. The van der Waals surface area contributed by atoms with Crippen LogP contribution in [0.1, 0.15) is 6.42 Å². The molecular weight excluding hydrogens is 277 g/mol. The molecule has 0 amide bonds. The molecule has 0 N–H and O–H groups in total. The molecule has 1 aromatic rings. The van der Waals surface area contributed by atoms with Crippen LogP contribution < -0.4 is 4.90 Å². The summed E-state index contributed by atoms with van der Waals surface area (Å²) in [4.78, 5) is 2.06. The zero-order chi connectivity index (χ0) is 13.4. The maximum Gasteiger partial charge on any atom is 0.175 e. The normalized spacial score (nSPS) is 10.7. The Morgan fingerprint density at radius 1 is 1.11 bits per heavy atom. The number of methoxy groups -OCH3 is 2. The van der Waals surface area contributed by atoms with Gasteiger partial charge in [-0.25, -0.2) is 0 Å². The summed E-state index contributed by atoms with van der Waals surface area (Å²) in [5, 5.41) is 8.17. The highest BCUT2D eigenvalue weighted by molar-refractivity contribution is 6.33. The van der Waals surface area contributed by atoms with Crippen LogP contribution in [0.2, 0.25) is 10.3 Å². The van der Waals surface area contributed by atoms with Gasteiger partial charge >= 0.3 is 0 Å². The van der Waals surface area contributed by atoms with Crippen molar-refractivity contribution in [2.24, 2.45) is 0 Å². The summed E-state index contributed by atoms with van der Waals surface area (Å²) in [6.45, 7) is 2.79. The molecule has 1 aromatic heterocycles. The van der Waals surface area contributed by atoms with E-state index in [0.717, 1.165) is 18.7 Å². The third-order valence-electron chi connectivity index (χ3n) is 2.38. The molecule has 0 aliphatic heterocycles. The van der Waals surface area contributed by atoms with E-state index in [4.69, 9.17) is 32.7 Å². The Kier molecular flexibility index (Phi) is 7.27. The molecular formula is C11H17Cl2N3O2. The van der Waals surface area contributed by atoms with Gasteiger partial charge in [-0.1, -0.05) is 23.2 Å². The molecule has 0 aliphatic carbocycles. The number of nitrogens with zero attached hydrogens (tertiary/aromatic N) is 3. The van der Waals surface area contributed by atoms with Gasteiger partial charge in [-0.15, -0.1) is 10.2 Å². The first kappa shape index (κ1) is 15.4. The number of anilines is 1. The van der Waals surface area contributed by atoms with E-state index in [1.165, 1.54) is 0 Å². The molecule has 0 saturated carbocycles. The predicted molar refractivity (Wildman–Crippen MR) is 72.6 cm³/mol. The van der Waals surface area contributed by atoms with Crippen LogP contribution in [0, 0.1) is 0 Å². The molecule has 0 bridgehead atoms. The van der Waals surface area contributed by atoms with Crippen LogP contribution in [0.25, 0.3) is 0 Å². The Morgan fingerprint density at radius 2 is 1.83 bits per heavy atom. The van der Waals surface area contributed by atoms with Crippen molar-refractivity contribution < 1.29 is 9.47 Å². The van der Waals surface area contributed by atoms with Gasteiger partial charge in [0.1, 0.15) is 0 Å². The number of ether oxygens (including phenoxy) is 2. The number of aromatic nitrogens is 2. The van der Waals surface area contributed by atoms with Crippen LogP contribution in [0.15, 0.2) is 6.07 Å². The molecule has 0 saturated heterocycles. The minimum Gasteiger partial charge on any atom is -0.385 e. The number of hydrogen-bond acceptors (Lipinski definition) is 5. The summed E-state index contributed by atoms with van der Waals surface area (Å²) in [7, 11) is 3.34. The van der Waals surface area contributed by atoms with Crippen LogP contribution in [0.4, 0.5) is 5.69 Å². The molecule has 1 heterocycles. The van der Waals surface area contributed by atoms with E-state index in [9.17, 15) is 0 Å². The average molecular weight is 294 g/mol. The standard InChI is InChI=1S/C11H17Cl2N3O2/c1-17-6-3-4-16(5-7-18-2)9-8-10(12)14-15-11(9)13/h8H,3-7H2,1-2H3. The molecule has 0 aliphatic rings. The van der Waals surface area contributed by atoms with Crippen LogP contribution in [-0.2, 0) is 9.47 Å². The van der Waals surface area contributed by atoms with Crippen molar-refractivity contribution in [2.75, 3.05) is 45.4 Å². The second kappa shape index (κ2) is 8.48. The van der Waals surface area contributed by atoms with Crippen molar-refractivity contribution >= 4 is 28.9 Å². The van der Waals surface area contributed by atoms with Crippen LogP contribution in [0.3, 0.4) is 0 Å². The average Bonchev–Trinajstić information content (AvgIpc) is 2.37. The Morgan fingerprint density at radius 3 is 2.50 bits per heavy atom. The lowest BCUT2D eigenvalue weighted by molar-refractivity contribution is 0.191. The van der Waals surface area contributed by atoms with Gasteiger partial charge in [0.2, 0.25) is 0 Å². The first-order chi connectivity index (χ1) is 8.69. The SMILES string of the molecule is COCCCN(CCOC)c1cc(Cl)nnc1Cl. The molecule has 0 radical (unpaired) electrons. The Balaban J connectivity index is 2.75. The van der Waals surface area contributed by atoms with Gasteiger partial charge in [-0.05, 0) is 6.42 Å². The zero-order valence-electron chi connectivity index (χ0n) is 10.5. The van der Waals surface area contributed by atoms with Crippen molar-refractivity contribution in [1.82, 2.24) is 10.2 Å². The van der Waals surface area contributed by atoms with Gasteiger partial charge in [-0.2, -0.15) is 0 Å². The fourth-order valence-corrected chi connectivity index (χ4v) is 1.87. The highest BCUT2D eigenvalue weighted by Crippen LogP contribution is 2.25. The lowest BCUT2D eigenvalue weighted by atomic mass is 10.3. The van der Waals surface area contributed by atoms with Gasteiger partial charge in [0.05, 0.1) is 12.3 Å². The molecule has 0 atom stereocenters. The molecule has 0 spiro atoms. The minimum absolute atomic E-state index is 0.323. The quantitative estimate of drug-likeness (QED) is 0.688. The van der Waals surface area contributed by atoms with E-state index >= 15 is 0 Å². The summed E-state index contributed by atoms with van der Waals surface area (Å²) in [5.41, 5.74) is 0.768. The Bertz CT molecular complexity index is 366. The number of hydrogen-bond donors (Lipinski definition) is 0. The summed E-state index contributed by atoms with van der Waals surface area (Å²) >= 11 is 11.9. The predicted octanol–water partition coefficient (Wildman–Crippen LogP) is 2.27. The second-order valence-electron chi connectivity index (χ2n) is 3.67. The first-order valence-corrected chi connectivity index (χ1v) is 6.36. The van der Waals surface area contributed by atoms with Crippen LogP contribution in [-0.4, -0.2) is 50.7 Å². The molecule has 7 heteroatoms. The largest absolute Gasteiger partial charge is 0.385 e. The Labute approximate surface area is 117 Å². The molecule has 18 heavy (non-hydrogen) atoms. The first-order valence-electron chi connectivity index (χ1n) is 5.60. The topological polar surface area (TPSA) is 47.5 Å². The van der Waals surface area contributed by atoms with Gasteiger partial charge in [-0.3, -0.25) is 0 Å². The fraction of sp³-hybridized carbons (Fsp3) is 0.636. The lowest BCUT2D eigenvalue weighted by Crippen LogP contribution is -2.29. The van der Waals surface area contributed by atoms with E-state index in [0.29, 0.717) is 30.1 Å². The van der Waals surface area contributed by atoms with Gasteiger partial charge in [0.15, 0.2) is 10.3 Å². The van der Waals surface area contributed by atoms with Crippen molar-refractivity contribution in [3.63, 3.8) is 0 Å². The fourth-order valence-electron chi connectivity index (χ4n) is 1.52. The highest BCUT2D eigenvalue weighted by atomic mass is 35.5. The summed E-state index contributed by atoms with van der Waals surface area (Å²) in [6.07, 6.45) is 0.885. The molecule has 0 fully saturated rings. The molecule has 102 valence electrons. The third-order valence-corrected chi connectivity index (χ3v) is 2.84. The van der Waals surface area contributed by atoms with Gasteiger partial charge < -0.3 is 14.4 Å². The summed E-state index contributed by atoms with van der Waals surface area (Å²) < 4.78 is 10.1. The van der Waals surface area contributed by atoms with E-state index in [2.05, 4.69) is 15.1 Å². The van der Waals surface area contributed by atoms with Crippen molar-refractivity contribution in [1.29, 1.82) is 0 Å². The summed E-state index contributed by atoms with van der Waals surface area (Å²) in [6, 6.07) is 1.71. The number of rotatable bonds is 8. The van der Waals surface area contributed by atoms with E-state index in [1.54, 1.807) is 20.3 Å². The summed E-state index contributed by atoms with van der Waals surface area (Å²) in [5.74, 6) is 0. The van der Waals surface area contributed by atoms with Crippen LogP contribution in [0.5, 0.6) is 0 Å². The molecule has 0 aromatic carbocycles. The van der Waals surface area contributed by atoms with Gasteiger partial charge in [0.25, 0.3) is 0 Å². The smallest absolute Gasteiger partial charge is 0.175 e. The van der Waals surface area contributed by atoms with E-state index in [1.807, 2.05) is 0 Å². The molecule has 1 rings (SSSR count). The maximum absolute atomic E-state index is 6.04. The second-order valence-corrected chi connectivity index (χ2v) is 4.41. The molecule has 0 unspecified atom stereocenters. The molecule has 5 nitrogen and oxygen atoms in total. The number of halogens is 2.